The van der Waals surface area contributed by atoms with Gasteiger partial charge >= 0.3 is 0 Å². The van der Waals surface area contributed by atoms with E-state index in [2.05, 4.69) is 5.10 Å². The number of nitrogens with two attached hydrogens (primary N) is 1. The Morgan fingerprint density at radius 1 is 1.63 bits per heavy atom. The number of rotatable bonds is 3. The molecule has 2 N–H and O–H groups in total. The number of hydrogen-bond donors (Lipinski definition) is 1. The van der Waals surface area contributed by atoms with E-state index >= 15 is 0 Å². The molecule has 1 aromatic rings. The largest absolute Gasteiger partial charge is 0.341 e. The standard InChI is InChI=1S/C14H24N4O/c1-14(15)7-5-4-6-12(14)13(19)17(2)9-11-8-16-18(3)10-11/h8,10,12H,4-7,9,15H2,1-3H3. The molecule has 1 aliphatic rings. The van der Waals surface area contributed by atoms with Gasteiger partial charge in [0.25, 0.3) is 0 Å². The average Bonchev–Trinajstić information content (AvgIpc) is 2.73. The first-order valence-corrected chi connectivity index (χ1v) is 6.91. The quantitative estimate of drug-likeness (QED) is 0.894. The fourth-order valence-corrected chi connectivity index (χ4v) is 2.94. The summed E-state index contributed by atoms with van der Waals surface area (Å²) in [5.41, 5.74) is 6.98. The molecule has 2 unspecified atom stereocenters. The normalized spacial score (nSPS) is 27.3. The van der Waals surface area contributed by atoms with Crippen molar-refractivity contribution in [2.45, 2.75) is 44.7 Å². The molecule has 1 amide bonds. The Labute approximate surface area is 114 Å². The van der Waals surface area contributed by atoms with Crippen molar-refractivity contribution in [1.29, 1.82) is 0 Å². The van der Waals surface area contributed by atoms with Crippen LogP contribution in [0.5, 0.6) is 0 Å². The molecule has 5 nitrogen and oxygen atoms in total. The van der Waals surface area contributed by atoms with E-state index in [1.165, 1.54) is 0 Å². The number of aryl methyl sites for hydroxylation is 1. The molecule has 1 aromatic heterocycles. The lowest BCUT2D eigenvalue weighted by Gasteiger charge is -2.39. The van der Waals surface area contributed by atoms with E-state index in [4.69, 9.17) is 5.73 Å². The van der Waals surface area contributed by atoms with Crippen LogP contribution in [-0.4, -0.2) is 33.2 Å². The topological polar surface area (TPSA) is 64.2 Å². The molecule has 1 aliphatic carbocycles. The summed E-state index contributed by atoms with van der Waals surface area (Å²) in [6.07, 6.45) is 7.80. The van der Waals surface area contributed by atoms with Gasteiger partial charge in [-0.1, -0.05) is 12.8 Å². The Morgan fingerprint density at radius 2 is 2.37 bits per heavy atom. The van der Waals surface area contributed by atoms with E-state index in [1.807, 2.05) is 27.2 Å². The molecule has 0 radical (unpaired) electrons. The molecular formula is C14H24N4O. The zero-order chi connectivity index (χ0) is 14.0. The van der Waals surface area contributed by atoms with Crippen LogP contribution >= 0.6 is 0 Å². The molecule has 2 atom stereocenters. The minimum Gasteiger partial charge on any atom is -0.341 e. The molecule has 2 rings (SSSR count). The van der Waals surface area contributed by atoms with Crippen molar-refractivity contribution in [3.8, 4) is 0 Å². The first kappa shape index (κ1) is 14.1. The van der Waals surface area contributed by atoms with Gasteiger partial charge in [0.2, 0.25) is 5.91 Å². The Hall–Kier alpha value is -1.36. The van der Waals surface area contributed by atoms with Gasteiger partial charge in [-0.3, -0.25) is 9.48 Å². The van der Waals surface area contributed by atoms with Crippen LogP contribution in [-0.2, 0) is 18.4 Å². The molecule has 1 fully saturated rings. The third kappa shape index (κ3) is 3.15. The molecule has 0 aromatic carbocycles. The second-order valence-electron chi connectivity index (χ2n) is 6.02. The number of nitrogens with zero attached hydrogens (tertiary/aromatic N) is 3. The second kappa shape index (κ2) is 5.33. The lowest BCUT2D eigenvalue weighted by Crippen LogP contribution is -2.52. The zero-order valence-corrected chi connectivity index (χ0v) is 12.1. The summed E-state index contributed by atoms with van der Waals surface area (Å²) in [7, 11) is 3.73. The molecule has 106 valence electrons. The fraction of sp³-hybridized carbons (Fsp3) is 0.714. The molecular weight excluding hydrogens is 240 g/mol. The van der Waals surface area contributed by atoms with Gasteiger partial charge in [-0.05, 0) is 19.8 Å². The number of carbonyl (C=O) groups is 1. The number of carbonyl (C=O) groups excluding carboxylic acids is 1. The monoisotopic (exact) mass is 264 g/mol. The third-order valence-corrected chi connectivity index (χ3v) is 4.11. The molecule has 19 heavy (non-hydrogen) atoms. The first-order valence-electron chi connectivity index (χ1n) is 6.91. The van der Waals surface area contributed by atoms with Crippen LogP contribution < -0.4 is 5.73 Å². The minimum atomic E-state index is -0.363. The molecule has 0 spiro atoms. The van der Waals surface area contributed by atoms with Crippen molar-refractivity contribution < 1.29 is 4.79 Å². The van der Waals surface area contributed by atoms with Crippen LogP contribution in [0.3, 0.4) is 0 Å². The van der Waals surface area contributed by atoms with Crippen molar-refractivity contribution in [3.63, 3.8) is 0 Å². The maximum absolute atomic E-state index is 12.5. The first-order chi connectivity index (χ1) is 8.90. The van der Waals surface area contributed by atoms with Crippen molar-refractivity contribution >= 4 is 5.91 Å². The van der Waals surface area contributed by atoms with Gasteiger partial charge in [-0.15, -0.1) is 0 Å². The third-order valence-electron chi connectivity index (χ3n) is 4.11. The highest BCUT2D eigenvalue weighted by atomic mass is 16.2. The summed E-state index contributed by atoms with van der Waals surface area (Å²) >= 11 is 0. The van der Waals surface area contributed by atoms with Gasteiger partial charge in [0.05, 0.1) is 12.1 Å². The van der Waals surface area contributed by atoms with E-state index in [0.717, 1.165) is 31.2 Å². The summed E-state index contributed by atoms with van der Waals surface area (Å²) in [5, 5.41) is 4.12. The molecule has 1 saturated carbocycles. The fourth-order valence-electron chi connectivity index (χ4n) is 2.94. The molecule has 5 heteroatoms. The molecule has 0 saturated heterocycles. The van der Waals surface area contributed by atoms with E-state index in [9.17, 15) is 4.79 Å². The summed E-state index contributed by atoms with van der Waals surface area (Å²) < 4.78 is 1.75. The van der Waals surface area contributed by atoms with Crippen LogP contribution in [0, 0.1) is 5.92 Å². The van der Waals surface area contributed by atoms with Crippen molar-refractivity contribution in [2.24, 2.45) is 18.7 Å². The van der Waals surface area contributed by atoms with E-state index in [1.54, 1.807) is 15.8 Å². The highest BCUT2D eigenvalue weighted by Gasteiger charge is 2.39. The Morgan fingerprint density at radius 3 is 2.95 bits per heavy atom. The summed E-state index contributed by atoms with van der Waals surface area (Å²) in [6.45, 7) is 2.60. The highest BCUT2D eigenvalue weighted by Crippen LogP contribution is 2.32. The molecule has 1 heterocycles. The molecule has 0 aliphatic heterocycles. The van der Waals surface area contributed by atoms with E-state index < -0.39 is 0 Å². The van der Waals surface area contributed by atoms with E-state index in [0.29, 0.717) is 6.54 Å². The van der Waals surface area contributed by atoms with Gasteiger partial charge in [-0.2, -0.15) is 5.10 Å². The summed E-state index contributed by atoms with van der Waals surface area (Å²) in [4.78, 5) is 14.3. The average molecular weight is 264 g/mol. The van der Waals surface area contributed by atoms with Crippen molar-refractivity contribution in [1.82, 2.24) is 14.7 Å². The van der Waals surface area contributed by atoms with Crippen LogP contribution in [0.2, 0.25) is 0 Å². The number of aromatic nitrogens is 2. The Kier molecular flexibility index (Phi) is 3.94. The SMILES string of the molecule is CN(Cc1cnn(C)c1)C(=O)C1CCCCC1(C)N. The zero-order valence-electron chi connectivity index (χ0n) is 12.1. The van der Waals surface area contributed by atoms with E-state index in [-0.39, 0.29) is 17.4 Å². The second-order valence-corrected chi connectivity index (χ2v) is 6.02. The van der Waals surface area contributed by atoms with Crippen LogP contribution in [0.15, 0.2) is 12.4 Å². The highest BCUT2D eigenvalue weighted by molar-refractivity contribution is 5.80. The van der Waals surface area contributed by atoms with Crippen LogP contribution in [0.1, 0.15) is 38.2 Å². The predicted molar refractivity (Wildman–Crippen MR) is 74.2 cm³/mol. The van der Waals surface area contributed by atoms with Gasteiger partial charge in [0, 0.05) is 37.9 Å². The lowest BCUT2D eigenvalue weighted by molar-refractivity contribution is -0.138. The maximum atomic E-state index is 12.5. The minimum absolute atomic E-state index is 0.0529. The maximum Gasteiger partial charge on any atom is 0.227 e. The number of amides is 1. The van der Waals surface area contributed by atoms with Gasteiger partial charge in [0.1, 0.15) is 0 Å². The van der Waals surface area contributed by atoms with Gasteiger partial charge in [0.15, 0.2) is 0 Å². The van der Waals surface area contributed by atoms with Crippen molar-refractivity contribution in [3.05, 3.63) is 18.0 Å². The predicted octanol–water partition coefficient (Wildman–Crippen LogP) is 1.29. The lowest BCUT2D eigenvalue weighted by atomic mass is 9.74. The Balaban J connectivity index is 2.02. The summed E-state index contributed by atoms with van der Waals surface area (Å²) in [6, 6.07) is 0. The molecule has 0 bridgehead atoms. The van der Waals surface area contributed by atoms with Gasteiger partial charge in [-0.25, -0.2) is 0 Å². The van der Waals surface area contributed by atoms with Crippen molar-refractivity contribution in [2.75, 3.05) is 7.05 Å². The van der Waals surface area contributed by atoms with Crippen LogP contribution in [0.4, 0.5) is 0 Å². The smallest absolute Gasteiger partial charge is 0.227 e. The number of hydrogen-bond acceptors (Lipinski definition) is 3. The van der Waals surface area contributed by atoms with Gasteiger partial charge < -0.3 is 10.6 Å². The Bertz CT molecular complexity index is 452. The summed E-state index contributed by atoms with van der Waals surface area (Å²) in [5.74, 6) is 0.108. The van der Waals surface area contributed by atoms with Crippen LogP contribution in [0.25, 0.3) is 0 Å².